The molecule has 11 heteroatoms. The largest absolute Gasteiger partial charge is 0.490 e. The van der Waals surface area contributed by atoms with Gasteiger partial charge in [0.2, 0.25) is 6.41 Å². The summed E-state index contributed by atoms with van der Waals surface area (Å²) in [6, 6.07) is 9.56. The van der Waals surface area contributed by atoms with E-state index in [2.05, 4.69) is 0 Å². The van der Waals surface area contributed by atoms with E-state index in [1.807, 2.05) is 0 Å². The Hall–Kier alpha value is -3.89. The smallest absolute Gasteiger partial charge is 0.332 e. The minimum atomic E-state index is -1.28. The number of amides is 1. The molecule has 0 saturated carbocycles. The third kappa shape index (κ3) is 5.09. The molecule has 2 aromatic carbocycles. The first-order valence-electron chi connectivity index (χ1n) is 12.7. The summed E-state index contributed by atoms with van der Waals surface area (Å²) in [5, 5.41) is 0.200. The van der Waals surface area contributed by atoms with Crippen LogP contribution in [0.2, 0.25) is 0 Å². The molecule has 5 rings (SSSR count). The van der Waals surface area contributed by atoms with Crippen LogP contribution in [-0.4, -0.2) is 66.2 Å². The Morgan fingerprint density at radius 3 is 2.45 bits per heavy atom. The average molecular weight is 530 g/mol. The van der Waals surface area contributed by atoms with E-state index in [0.717, 1.165) is 17.4 Å². The molecule has 0 spiro atoms. The highest BCUT2D eigenvalue weighted by Crippen LogP contribution is 2.31. The molecule has 1 aromatic heterocycles. The molecule has 38 heavy (non-hydrogen) atoms. The van der Waals surface area contributed by atoms with Crippen LogP contribution in [0, 0.1) is 0 Å². The van der Waals surface area contributed by atoms with Crippen molar-refractivity contribution in [1.82, 2.24) is 14.0 Å². The van der Waals surface area contributed by atoms with Crippen LogP contribution in [0.1, 0.15) is 30.9 Å². The molecule has 1 fully saturated rings. The maximum Gasteiger partial charge on any atom is 0.332 e. The van der Waals surface area contributed by atoms with Crippen molar-refractivity contribution < 1.29 is 27.8 Å². The third-order valence-electron chi connectivity index (χ3n) is 6.95. The molecule has 3 aromatic rings. The van der Waals surface area contributed by atoms with Gasteiger partial charge in [-0.2, -0.15) is 0 Å². The maximum atomic E-state index is 13.8. The van der Waals surface area contributed by atoms with Crippen LogP contribution in [0.15, 0.2) is 46.0 Å². The minimum Gasteiger partial charge on any atom is -0.490 e. The van der Waals surface area contributed by atoms with Crippen molar-refractivity contribution in [3.63, 3.8) is 0 Å². The van der Waals surface area contributed by atoms with Gasteiger partial charge in [-0.05, 0) is 48.7 Å². The highest BCUT2D eigenvalue weighted by atomic mass is 19.1. The number of alkyl halides is 2. The van der Waals surface area contributed by atoms with E-state index in [-0.39, 0.29) is 23.7 Å². The molecule has 1 amide bonds. The first kappa shape index (κ1) is 25.7. The quantitative estimate of drug-likeness (QED) is 0.417. The molecule has 0 N–H and O–H groups in total. The summed E-state index contributed by atoms with van der Waals surface area (Å²) >= 11 is 0. The second-order valence-corrected chi connectivity index (χ2v) is 9.48. The minimum absolute atomic E-state index is 0.0138. The number of carbonyl (C=O) groups excluding carboxylic acids is 1. The number of piperidine rings is 1. The lowest BCUT2D eigenvalue weighted by Crippen LogP contribution is -2.44. The molecule has 0 bridgehead atoms. The number of hydrogen-bond donors (Lipinski definition) is 0. The van der Waals surface area contributed by atoms with E-state index in [0.29, 0.717) is 61.7 Å². The van der Waals surface area contributed by atoms with Crippen molar-refractivity contribution >= 4 is 17.3 Å². The van der Waals surface area contributed by atoms with Crippen molar-refractivity contribution in [3.05, 3.63) is 62.8 Å². The number of fused-ring (bicyclic) bond motifs is 2. The molecular weight excluding hydrogens is 500 g/mol. The number of aromatic nitrogens is 2. The van der Waals surface area contributed by atoms with Crippen molar-refractivity contribution in [2.75, 3.05) is 39.7 Å². The second-order valence-electron chi connectivity index (χ2n) is 9.48. The van der Waals surface area contributed by atoms with Gasteiger partial charge in [-0.1, -0.05) is 6.07 Å². The van der Waals surface area contributed by atoms with Gasteiger partial charge in [0.1, 0.15) is 19.1 Å². The standard InChI is InChI=1S/C27H29F2N3O6/c28-14-21(15-29)38-20-3-4-23-22(13-20)26(34)31(27(35)32(23)19-6-8-30(17-33)9-7-19)16-18-2-5-24-25(12-18)37-11-1-10-36-24/h2-5,12-13,17,19,21H,1,6-11,14-16H2. The summed E-state index contributed by atoms with van der Waals surface area (Å²) in [4.78, 5) is 40.3. The van der Waals surface area contributed by atoms with E-state index >= 15 is 0 Å². The van der Waals surface area contributed by atoms with Crippen LogP contribution in [0.4, 0.5) is 8.78 Å². The van der Waals surface area contributed by atoms with Crippen LogP contribution in [0.5, 0.6) is 17.2 Å². The van der Waals surface area contributed by atoms with Crippen molar-refractivity contribution in [2.24, 2.45) is 0 Å². The summed E-state index contributed by atoms with van der Waals surface area (Å²) in [6.07, 6.45) is 1.34. The SMILES string of the molecule is O=CN1CCC(n2c(=O)n(Cc3ccc4c(c3)OCCCO4)c(=O)c3cc(OC(CF)CF)ccc32)CC1. The number of halogens is 2. The van der Waals surface area contributed by atoms with Crippen LogP contribution in [0.3, 0.4) is 0 Å². The first-order valence-corrected chi connectivity index (χ1v) is 12.7. The Balaban J connectivity index is 1.60. The highest BCUT2D eigenvalue weighted by Gasteiger charge is 2.25. The van der Waals surface area contributed by atoms with Crippen molar-refractivity contribution in [1.29, 1.82) is 0 Å². The number of ether oxygens (including phenoxy) is 3. The molecule has 0 radical (unpaired) electrons. The Kier molecular flexibility index (Phi) is 7.62. The zero-order valence-corrected chi connectivity index (χ0v) is 20.8. The number of likely N-dealkylation sites (tertiary alicyclic amines) is 1. The fourth-order valence-electron chi connectivity index (χ4n) is 4.96. The summed E-state index contributed by atoms with van der Waals surface area (Å²) in [6.45, 7) is -0.0334. The molecular formula is C27H29F2N3O6. The number of benzene rings is 2. The Labute approximate surface area is 217 Å². The van der Waals surface area contributed by atoms with Gasteiger partial charge in [0, 0.05) is 25.6 Å². The molecule has 0 aliphatic carbocycles. The summed E-state index contributed by atoms with van der Waals surface area (Å²) < 4.78 is 45.8. The number of hydrogen-bond acceptors (Lipinski definition) is 6. The van der Waals surface area contributed by atoms with Gasteiger partial charge in [0.25, 0.3) is 5.56 Å². The zero-order valence-electron chi connectivity index (χ0n) is 20.8. The highest BCUT2D eigenvalue weighted by molar-refractivity contribution is 5.80. The molecule has 0 atom stereocenters. The number of nitrogens with zero attached hydrogens (tertiary/aromatic N) is 3. The van der Waals surface area contributed by atoms with Crippen LogP contribution in [-0.2, 0) is 11.3 Å². The van der Waals surface area contributed by atoms with Gasteiger partial charge < -0.3 is 19.1 Å². The predicted octanol–water partition coefficient (Wildman–Crippen LogP) is 2.85. The lowest BCUT2D eigenvalue weighted by molar-refractivity contribution is -0.119. The van der Waals surface area contributed by atoms with E-state index in [9.17, 15) is 23.2 Å². The van der Waals surface area contributed by atoms with Crippen molar-refractivity contribution in [2.45, 2.75) is 38.0 Å². The lowest BCUT2D eigenvalue weighted by atomic mass is 10.0. The molecule has 2 aliphatic rings. The predicted molar refractivity (Wildman–Crippen MR) is 136 cm³/mol. The summed E-state index contributed by atoms with van der Waals surface area (Å²) in [5.41, 5.74) is 0.0701. The first-order chi connectivity index (χ1) is 18.5. The zero-order chi connectivity index (χ0) is 26.6. The summed E-state index contributed by atoms with van der Waals surface area (Å²) in [7, 11) is 0. The van der Waals surface area contributed by atoms with Crippen LogP contribution >= 0.6 is 0 Å². The molecule has 3 heterocycles. The Morgan fingerprint density at radius 1 is 1.00 bits per heavy atom. The van der Waals surface area contributed by atoms with Gasteiger partial charge >= 0.3 is 5.69 Å². The van der Waals surface area contributed by atoms with Crippen LogP contribution < -0.4 is 25.5 Å². The fourth-order valence-corrected chi connectivity index (χ4v) is 4.96. The van der Waals surface area contributed by atoms with E-state index < -0.39 is 30.7 Å². The lowest BCUT2D eigenvalue weighted by Gasteiger charge is -2.31. The Bertz CT molecular complexity index is 1430. The van der Waals surface area contributed by atoms with E-state index in [4.69, 9.17) is 14.2 Å². The third-order valence-corrected chi connectivity index (χ3v) is 6.95. The normalized spacial score (nSPS) is 16.0. The molecule has 2 aliphatic heterocycles. The van der Waals surface area contributed by atoms with Crippen LogP contribution in [0.25, 0.3) is 10.9 Å². The van der Waals surface area contributed by atoms with Gasteiger partial charge in [0.15, 0.2) is 17.6 Å². The molecule has 9 nitrogen and oxygen atoms in total. The molecule has 0 unspecified atom stereocenters. The summed E-state index contributed by atoms with van der Waals surface area (Å²) in [5.74, 6) is 1.29. The van der Waals surface area contributed by atoms with Gasteiger partial charge in [0.05, 0.1) is 30.7 Å². The molecule has 202 valence electrons. The topological polar surface area (TPSA) is 92.0 Å². The second kappa shape index (κ2) is 11.2. The Morgan fingerprint density at radius 2 is 1.74 bits per heavy atom. The number of carbonyl (C=O) groups is 1. The van der Waals surface area contributed by atoms with Gasteiger partial charge in [-0.3, -0.25) is 18.7 Å². The van der Waals surface area contributed by atoms with E-state index in [1.165, 1.54) is 12.1 Å². The fraction of sp³-hybridized carbons (Fsp3) is 0.444. The molecule has 1 saturated heterocycles. The van der Waals surface area contributed by atoms with Crippen molar-refractivity contribution in [3.8, 4) is 17.2 Å². The average Bonchev–Trinajstić information content (AvgIpc) is 3.19. The van der Waals surface area contributed by atoms with Gasteiger partial charge in [-0.15, -0.1) is 0 Å². The van der Waals surface area contributed by atoms with E-state index in [1.54, 1.807) is 33.7 Å². The number of rotatable bonds is 8. The van der Waals surface area contributed by atoms with Gasteiger partial charge in [-0.25, -0.2) is 13.6 Å². The monoisotopic (exact) mass is 529 g/mol. The maximum absolute atomic E-state index is 13.8.